The molecule has 96 valence electrons. The maximum Gasteiger partial charge on any atom is 0.240 e. The van der Waals surface area contributed by atoms with E-state index in [9.17, 15) is 0 Å². The Kier molecular flexibility index (Phi) is 2.61. The largest absolute Gasteiger partial charge is 0.370 e. The number of aryl methyl sites for hydroxylation is 1. The van der Waals surface area contributed by atoms with E-state index in [1.54, 1.807) is 4.52 Å². The normalized spacial score (nSPS) is 17.6. The summed E-state index contributed by atoms with van der Waals surface area (Å²) in [6.07, 6.45) is 4.55. The predicted octanol–water partition coefficient (Wildman–Crippen LogP) is 1.86. The third kappa shape index (κ3) is 1.89. The molecule has 1 aliphatic heterocycles. The zero-order chi connectivity index (χ0) is 12.7. The molecule has 0 spiro atoms. The zero-order valence-corrected chi connectivity index (χ0v) is 10.9. The van der Waals surface area contributed by atoms with Crippen LogP contribution in [-0.2, 0) is 0 Å². The summed E-state index contributed by atoms with van der Waals surface area (Å²) in [6, 6.07) is 2.18. The lowest BCUT2D eigenvalue weighted by Gasteiger charge is -2.32. The summed E-state index contributed by atoms with van der Waals surface area (Å²) in [5.74, 6) is 1.18. The van der Waals surface area contributed by atoms with Crippen LogP contribution in [0.15, 0.2) is 12.3 Å². The van der Waals surface area contributed by atoms with Crippen LogP contribution < -0.4 is 10.6 Å². The molecular weight excluding hydrogens is 226 g/mol. The summed E-state index contributed by atoms with van der Waals surface area (Å²) < 4.78 is 1.79. The van der Waals surface area contributed by atoms with Gasteiger partial charge in [-0.25, -0.2) is 4.52 Å². The highest BCUT2D eigenvalue weighted by Crippen LogP contribution is 2.24. The smallest absolute Gasteiger partial charge is 0.240 e. The van der Waals surface area contributed by atoms with Gasteiger partial charge in [0, 0.05) is 13.1 Å². The van der Waals surface area contributed by atoms with Crippen molar-refractivity contribution in [2.75, 3.05) is 23.7 Å². The predicted molar refractivity (Wildman–Crippen MR) is 72.7 cm³/mol. The quantitative estimate of drug-likeness (QED) is 0.833. The Bertz CT molecular complexity index is 566. The number of aromatic nitrogens is 3. The fraction of sp³-hybridized carbons (Fsp3) is 0.538. The summed E-state index contributed by atoms with van der Waals surface area (Å²) >= 11 is 0. The van der Waals surface area contributed by atoms with Gasteiger partial charge in [-0.1, -0.05) is 6.92 Å². The minimum atomic E-state index is 0.336. The van der Waals surface area contributed by atoms with Crippen LogP contribution in [0.3, 0.4) is 0 Å². The van der Waals surface area contributed by atoms with E-state index in [2.05, 4.69) is 34.9 Å². The molecule has 0 unspecified atom stereocenters. The molecule has 18 heavy (non-hydrogen) atoms. The Hall–Kier alpha value is -1.78. The van der Waals surface area contributed by atoms with Crippen molar-refractivity contribution in [1.82, 2.24) is 14.6 Å². The molecule has 0 aliphatic carbocycles. The maximum absolute atomic E-state index is 5.65. The van der Waals surface area contributed by atoms with Gasteiger partial charge in [0.05, 0.1) is 11.9 Å². The van der Waals surface area contributed by atoms with Crippen molar-refractivity contribution >= 4 is 17.3 Å². The van der Waals surface area contributed by atoms with E-state index in [1.165, 1.54) is 18.5 Å². The van der Waals surface area contributed by atoms with E-state index in [-0.39, 0.29) is 0 Å². The molecular formula is C13H19N5. The average molecular weight is 245 g/mol. The van der Waals surface area contributed by atoms with Gasteiger partial charge in [-0.2, -0.15) is 4.98 Å². The van der Waals surface area contributed by atoms with E-state index in [1.807, 2.05) is 6.20 Å². The molecule has 0 amide bonds. The van der Waals surface area contributed by atoms with Gasteiger partial charge in [-0.3, -0.25) is 0 Å². The molecule has 5 heteroatoms. The summed E-state index contributed by atoms with van der Waals surface area (Å²) in [7, 11) is 0. The molecule has 2 aromatic rings. The van der Waals surface area contributed by atoms with Gasteiger partial charge in [0.1, 0.15) is 0 Å². The first kappa shape index (κ1) is 11.3. The number of anilines is 2. The fourth-order valence-electron chi connectivity index (χ4n) is 2.59. The molecule has 0 bridgehead atoms. The summed E-state index contributed by atoms with van der Waals surface area (Å²) in [5.41, 5.74) is 8.84. The molecule has 1 aliphatic rings. The number of nitrogens with zero attached hydrogens (tertiary/aromatic N) is 4. The number of rotatable bonds is 1. The van der Waals surface area contributed by atoms with Crippen LogP contribution in [0, 0.1) is 12.8 Å². The van der Waals surface area contributed by atoms with Crippen LogP contribution in [0.5, 0.6) is 0 Å². The molecule has 3 heterocycles. The summed E-state index contributed by atoms with van der Waals surface area (Å²) in [6.45, 7) is 6.62. The standard InChI is InChI=1S/C13H19N5/c1-9-3-5-17(6-4-9)11-7-10(2)12-15-13(14)16-18(12)8-11/h7-9H,3-6H2,1-2H3,(H2,14,16). The van der Waals surface area contributed by atoms with E-state index < -0.39 is 0 Å². The molecule has 2 aromatic heterocycles. The lowest BCUT2D eigenvalue weighted by molar-refractivity contribution is 0.438. The van der Waals surface area contributed by atoms with Crippen molar-refractivity contribution in [1.29, 1.82) is 0 Å². The molecule has 0 saturated carbocycles. The molecule has 2 N–H and O–H groups in total. The molecule has 5 nitrogen and oxygen atoms in total. The Morgan fingerprint density at radius 1 is 1.33 bits per heavy atom. The SMILES string of the molecule is Cc1cc(N2CCC(C)CC2)cn2nc(N)nc12. The Morgan fingerprint density at radius 3 is 2.78 bits per heavy atom. The highest BCUT2D eigenvalue weighted by molar-refractivity contribution is 5.58. The molecule has 3 rings (SSSR count). The third-order valence-corrected chi connectivity index (χ3v) is 3.77. The van der Waals surface area contributed by atoms with Crippen LogP contribution in [0.2, 0.25) is 0 Å². The van der Waals surface area contributed by atoms with Gasteiger partial charge in [-0.15, -0.1) is 5.10 Å². The van der Waals surface area contributed by atoms with Crippen molar-refractivity contribution in [3.05, 3.63) is 17.8 Å². The van der Waals surface area contributed by atoms with Gasteiger partial charge < -0.3 is 10.6 Å². The number of nitrogen functional groups attached to an aromatic ring is 1. The second kappa shape index (κ2) is 4.15. The number of fused-ring (bicyclic) bond motifs is 1. The van der Waals surface area contributed by atoms with Gasteiger partial charge in [0.25, 0.3) is 0 Å². The molecule has 0 radical (unpaired) electrons. The molecule has 1 fully saturated rings. The lowest BCUT2D eigenvalue weighted by atomic mass is 9.99. The third-order valence-electron chi connectivity index (χ3n) is 3.77. The first-order valence-electron chi connectivity index (χ1n) is 6.51. The van der Waals surface area contributed by atoms with E-state index in [0.717, 1.165) is 30.2 Å². The van der Waals surface area contributed by atoms with E-state index in [0.29, 0.717) is 5.95 Å². The topological polar surface area (TPSA) is 59.5 Å². The van der Waals surface area contributed by atoms with E-state index in [4.69, 9.17) is 5.73 Å². The van der Waals surface area contributed by atoms with Crippen molar-refractivity contribution in [2.24, 2.45) is 5.92 Å². The van der Waals surface area contributed by atoms with Gasteiger partial charge in [-0.05, 0) is 37.3 Å². The summed E-state index contributed by atoms with van der Waals surface area (Å²) in [4.78, 5) is 6.64. The maximum atomic E-state index is 5.65. The highest BCUT2D eigenvalue weighted by Gasteiger charge is 2.17. The first-order valence-corrected chi connectivity index (χ1v) is 6.51. The van der Waals surface area contributed by atoms with E-state index >= 15 is 0 Å². The number of piperidine rings is 1. The highest BCUT2D eigenvalue weighted by atomic mass is 15.3. The monoisotopic (exact) mass is 245 g/mol. The minimum Gasteiger partial charge on any atom is -0.370 e. The van der Waals surface area contributed by atoms with Crippen molar-refractivity contribution < 1.29 is 0 Å². The minimum absolute atomic E-state index is 0.336. The second-order valence-electron chi connectivity index (χ2n) is 5.29. The van der Waals surface area contributed by atoms with Crippen LogP contribution >= 0.6 is 0 Å². The molecule has 1 saturated heterocycles. The Labute approximate surface area is 107 Å². The van der Waals surface area contributed by atoms with Crippen LogP contribution in [-0.4, -0.2) is 27.7 Å². The molecule has 0 atom stereocenters. The summed E-state index contributed by atoms with van der Waals surface area (Å²) in [5, 5.41) is 4.20. The van der Waals surface area contributed by atoms with Crippen LogP contribution in [0.4, 0.5) is 11.6 Å². The lowest BCUT2D eigenvalue weighted by Crippen LogP contribution is -2.33. The number of hydrogen-bond acceptors (Lipinski definition) is 4. The van der Waals surface area contributed by atoms with Crippen molar-refractivity contribution in [3.8, 4) is 0 Å². The first-order chi connectivity index (χ1) is 8.63. The van der Waals surface area contributed by atoms with Gasteiger partial charge >= 0.3 is 0 Å². The number of hydrogen-bond donors (Lipinski definition) is 1. The molecule has 0 aromatic carbocycles. The van der Waals surface area contributed by atoms with Gasteiger partial charge in [0.2, 0.25) is 5.95 Å². The second-order valence-corrected chi connectivity index (χ2v) is 5.29. The fourth-order valence-corrected chi connectivity index (χ4v) is 2.59. The zero-order valence-electron chi connectivity index (χ0n) is 10.9. The van der Waals surface area contributed by atoms with Gasteiger partial charge in [0.15, 0.2) is 5.65 Å². The van der Waals surface area contributed by atoms with Crippen LogP contribution in [0.25, 0.3) is 5.65 Å². The van der Waals surface area contributed by atoms with Crippen molar-refractivity contribution in [3.63, 3.8) is 0 Å². The Balaban J connectivity index is 1.97. The number of nitrogens with two attached hydrogens (primary N) is 1. The average Bonchev–Trinajstić information content (AvgIpc) is 2.71. The number of pyridine rings is 1. The van der Waals surface area contributed by atoms with Crippen LogP contribution in [0.1, 0.15) is 25.3 Å². The Morgan fingerprint density at radius 2 is 2.06 bits per heavy atom. The van der Waals surface area contributed by atoms with Crippen molar-refractivity contribution in [2.45, 2.75) is 26.7 Å².